The molecule has 1 amide bonds. The van der Waals surface area contributed by atoms with Crippen LogP contribution in [0.3, 0.4) is 0 Å². The molecule has 2 rings (SSSR count). The molecule has 0 heterocycles. The Bertz CT molecular complexity index is 456. The molecule has 0 bridgehead atoms. The summed E-state index contributed by atoms with van der Waals surface area (Å²) in [6.07, 6.45) is 4.37. The molecule has 0 aliphatic heterocycles. The number of hydrogen-bond acceptors (Lipinski definition) is 2. The van der Waals surface area contributed by atoms with Gasteiger partial charge >= 0.3 is 0 Å². The molecule has 0 saturated heterocycles. The Hall–Kier alpha value is -1.51. The molecular weight excluding hydrogens is 236 g/mol. The third-order valence-electron chi connectivity index (χ3n) is 4.04. The standard InChI is InChI=1S/C16H24N2O/c1-4-16(19)17-13-9-8-12(3)15(10-13)18-14-7-5-6-11(14)2/h8-11,14,18H,4-7H2,1-3H3,(H,17,19). The SMILES string of the molecule is CCC(=O)Nc1ccc(C)c(NC2CCCC2C)c1. The zero-order valence-electron chi connectivity index (χ0n) is 12.1. The average molecular weight is 260 g/mol. The van der Waals surface area contributed by atoms with Gasteiger partial charge < -0.3 is 10.6 Å². The molecule has 1 aromatic rings. The summed E-state index contributed by atoms with van der Waals surface area (Å²) in [5, 5.41) is 6.56. The van der Waals surface area contributed by atoms with Gasteiger partial charge in [0.05, 0.1) is 0 Å². The summed E-state index contributed by atoms with van der Waals surface area (Å²) in [6.45, 7) is 6.28. The van der Waals surface area contributed by atoms with E-state index in [0.717, 1.165) is 17.3 Å². The van der Waals surface area contributed by atoms with Crippen LogP contribution in [0.4, 0.5) is 11.4 Å². The number of rotatable bonds is 4. The Balaban J connectivity index is 2.10. The van der Waals surface area contributed by atoms with Crippen LogP contribution in [0.15, 0.2) is 18.2 Å². The fourth-order valence-corrected chi connectivity index (χ4v) is 2.66. The van der Waals surface area contributed by atoms with E-state index in [9.17, 15) is 4.79 Å². The Morgan fingerprint density at radius 1 is 1.37 bits per heavy atom. The minimum atomic E-state index is 0.0593. The topological polar surface area (TPSA) is 41.1 Å². The lowest BCUT2D eigenvalue weighted by Gasteiger charge is -2.21. The zero-order chi connectivity index (χ0) is 13.8. The molecule has 0 radical (unpaired) electrons. The number of carbonyl (C=O) groups is 1. The fourth-order valence-electron chi connectivity index (χ4n) is 2.66. The number of carbonyl (C=O) groups excluding carboxylic acids is 1. The van der Waals surface area contributed by atoms with E-state index in [1.54, 1.807) is 0 Å². The maximum absolute atomic E-state index is 11.4. The van der Waals surface area contributed by atoms with Crippen LogP contribution in [-0.4, -0.2) is 11.9 Å². The minimum absolute atomic E-state index is 0.0593. The van der Waals surface area contributed by atoms with Crippen LogP contribution in [0, 0.1) is 12.8 Å². The summed E-state index contributed by atoms with van der Waals surface area (Å²) in [4.78, 5) is 11.4. The highest BCUT2D eigenvalue weighted by atomic mass is 16.1. The largest absolute Gasteiger partial charge is 0.382 e. The molecule has 19 heavy (non-hydrogen) atoms. The third kappa shape index (κ3) is 3.49. The second-order valence-electron chi connectivity index (χ2n) is 5.59. The second kappa shape index (κ2) is 6.09. The number of amides is 1. The molecule has 1 fully saturated rings. The van der Waals surface area contributed by atoms with E-state index in [0.29, 0.717) is 12.5 Å². The second-order valence-corrected chi connectivity index (χ2v) is 5.59. The minimum Gasteiger partial charge on any atom is -0.382 e. The van der Waals surface area contributed by atoms with E-state index < -0.39 is 0 Å². The van der Waals surface area contributed by atoms with Crippen molar-refractivity contribution in [2.75, 3.05) is 10.6 Å². The summed E-state index contributed by atoms with van der Waals surface area (Å²) in [6, 6.07) is 6.64. The van der Waals surface area contributed by atoms with Crippen molar-refractivity contribution in [1.29, 1.82) is 0 Å². The molecule has 3 nitrogen and oxygen atoms in total. The molecule has 1 aromatic carbocycles. The highest BCUT2D eigenvalue weighted by Crippen LogP contribution is 2.30. The zero-order valence-corrected chi connectivity index (χ0v) is 12.1. The fraction of sp³-hybridized carbons (Fsp3) is 0.562. The molecule has 1 saturated carbocycles. The predicted molar refractivity (Wildman–Crippen MR) is 80.5 cm³/mol. The maximum atomic E-state index is 11.4. The average Bonchev–Trinajstić information content (AvgIpc) is 2.79. The highest BCUT2D eigenvalue weighted by molar-refractivity contribution is 5.91. The van der Waals surface area contributed by atoms with E-state index in [4.69, 9.17) is 0 Å². The molecule has 2 atom stereocenters. The molecule has 2 N–H and O–H groups in total. The molecule has 3 heteroatoms. The Kier molecular flexibility index (Phi) is 4.46. The highest BCUT2D eigenvalue weighted by Gasteiger charge is 2.23. The van der Waals surface area contributed by atoms with E-state index in [1.807, 2.05) is 19.1 Å². The number of nitrogens with one attached hydrogen (secondary N) is 2. The van der Waals surface area contributed by atoms with Crippen molar-refractivity contribution < 1.29 is 4.79 Å². The van der Waals surface area contributed by atoms with Crippen LogP contribution < -0.4 is 10.6 Å². The Morgan fingerprint density at radius 3 is 2.79 bits per heavy atom. The maximum Gasteiger partial charge on any atom is 0.224 e. The van der Waals surface area contributed by atoms with Gasteiger partial charge in [-0.1, -0.05) is 26.3 Å². The molecule has 0 spiro atoms. The van der Waals surface area contributed by atoms with Crippen LogP contribution in [0.25, 0.3) is 0 Å². The first kappa shape index (κ1) is 13.9. The normalized spacial score (nSPS) is 22.3. The van der Waals surface area contributed by atoms with Gasteiger partial charge in [0.1, 0.15) is 0 Å². The van der Waals surface area contributed by atoms with Gasteiger partial charge in [-0.3, -0.25) is 4.79 Å². The predicted octanol–water partition coefficient (Wildman–Crippen LogP) is 3.94. The van der Waals surface area contributed by atoms with Crippen LogP contribution >= 0.6 is 0 Å². The quantitative estimate of drug-likeness (QED) is 0.860. The molecule has 1 aliphatic carbocycles. The molecule has 104 valence electrons. The van der Waals surface area contributed by atoms with Gasteiger partial charge in [0, 0.05) is 23.8 Å². The lowest BCUT2D eigenvalue weighted by Crippen LogP contribution is -2.22. The number of benzene rings is 1. The Labute approximate surface area is 115 Å². The summed E-state index contributed by atoms with van der Waals surface area (Å²) in [7, 11) is 0. The lowest BCUT2D eigenvalue weighted by molar-refractivity contribution is -0.115. The lowest BCUT2D eigenvalue weighted by atomic mass is 10.1. The van der Waals surface area contributed by atoms with Crippen molar-refractivity contribution in [1.82, 2.24) is 0 Å². The number of aryl methyl sites for hydroxylation is 1. The summed E-state index contributed by atoms with van der Waals surface area (Å²) < 4.78 is 0. The van der Waals surface area contributed by atoms with Gasteiger partial charge in [0.2, 0.25) is 5.91 Å². The smallest absolute Gasteiger partial charge is 0.224 e. The summed E-state index contributed by atoms with van der Waals surface area (Å²) in [5.41, 5.74) is 3.26. The number of anilines is 2. The molecule has 0 aromatic heterocycles. The first-order chi connectivity index (χ1) is 9.10. The molecule has 2 unspecified atom stereocenters. The van der Waals surface area contributed by atoms with E-state index in [2.05, 4.69) is 30.5 Å². The van der Waals surface area contributed by atoms with E-state index in [-0.39, 0.29) is 5.91 Å². The summed E-state index contributed by atoms with van der Waals surface area (Å²) >= 11 is 0. The van der Waals surface area contributed by atoms with Gasteiger partial charge in [-0.15, -0.1) is 0 Å². The molecule has 1 aliphatic rings. The van der Waals surface area contributed by atoms with Crippen molar-refractivity contribution in [3.05, 3.63) is 23.8 Å². The van der Waals surface area contributed by atoms with E-state index >= 15 is 0 Å². The third-order valence-corrected chi connectivity index (χ3v) is 4.04. The number of hydrogen-bond donors (Lipinski definition) is 2. The first-order valence-electron chi connectivity index (χ1n) is 7.27. The van der Waals surface area contributed by atoms with Crippen LogP contribution in [-0.2, 0) is 4.79 Å². The van der Waals surface area contributed by atoms with E-state index in [1.165, 1.54) is 24.8 Å². The van der Waals surface area contributed by atoms with Gasteiger partial charge in [-0.2, -0.15) is 0 Å². The van der Waals surface area contributed by atoms with Crippen molar-refractivity contribution in [2.24, 2.45) is 5.92 Å². The van der Waals surface area contributed by atoms with Crippen LogP contribution in [0.5, 0.6) is 0 Å². The van der Waals surface area contributed by atoms with Gasteiger partial charge in [0.15, 0.2) is 0 Å². The Morgan fingerprint density at radius 2 is 2.16 bits per heavy atom. The van der Waals surface area contributed by atoms with Gasteiger partial charge in [-0.25, -0.2) is 0 Å². The van der Waals surface area contributed by atoms with Crippen molar-refractivity contribution in [2.45, 2.75) is 52.5 Å². The monoisotopic (exact) mass is 260 g/mol. The van der Waals surface area contributed by atoms with Crippen LogP contribution in [0.1, 0.15) is 45.1 Å². The van der Waals surface area contributed by atoms with Crippen LogP contribution in [0.2, 0.25) is 0 Å². The summed E-state index contributed by atoms with van der Waals surface area (Å²) in [5.74, 6) is 0.789. The first-order valence-corrected chi connectivity index (χ1v) is 7.27. The van der Waals surface area contributed by atoms with Crippen molar-refractivity contribution in [3.8, 4) is 0 Å². The molecular formula is C16H24N2O. The van der Waals surface area contributed by atoms with Crippen molar-refractivity contribution >= 4 is 17.3 Å². The van der Waals surface area contributed by atoms with Crippen molar-refractivity contribution in [3.63, 3.8) is 0 Å². The van der Waals surface area contributed by atoms with Gasteiger partial charge in [0.25, 0.3) is 0 Å². The van der Waals surface area contributed by atoms with Gasteiger partial charge in [-0.05, 0) is 43.4 Å².